The maximum atomic E-state index is 12.9. The van der Waals surface area contributed by atoms with Gasteiger partial charge in [0, 0.05) is 6.54 Å². The molecule has 0 spiro atoms. The van der Waals surface area contributed by atoms with E-state index in [0.29, 0.717) is 25.8 Å². The smallest absolute Gasteiger partial charge is 0.326 e. The lowest BCUT2D eigenvalue weighted by atomic mass is 10.0. The number of carboxylic acid groups (broad SMARTS) is 2. The van der Waals surface area contributed by atoms with E-state index in [1.54, 1.807) is 6.92 Å². The molecular weight excluding hydrogens is 360 g/mol. The zero-order valence-corrected chi connectivity index (χ0v) is 16.3. The molecule has 0 bridgehead atoms. The summed E-state index contributed by atoms with van der Waals surface area (Å²) in [6.07, 6.45) is 4.83. The van der Waals surface area contributed by atoms with Gasteiger partial charge in [-0.1, -0.05) is 49.6 Å². The average Bonchev–Trinajstić information content (AvgIpc) is 2.64. The Morgan fingerprint density at radius 1 is 1.11 bits per heavy atom. The van der Waals surface area contributed by atoms with Crippen LogP contribution in [0.2, 0.25) is 0 Å². The molecule has 1 fully saturated rings. The van der Waals surface area contributed by atoms with Crippen molar-refractivity contribution in [2.24, 2.45) is 0 Å². The third kappa shape index (κ3) is 6.34. The summed E-state index contributed by atoms with van der Waals surface area (Å²) >= 11 is 0. The van der Waals surface area contributed by atoms with Gasteiger partial charge in [0.15, 0.2) is 0 Å². The number of rotatable bonds is 8. The monoisotopic (exact) mass is 390 g/mol. The van der Waals surface area contributed by atoms with E-state index in [1.807, 2.05) is 30.3 Å². The molecule has 1 heterocycles. The van der Waals surface area contributed by atoms with Crippen LogP contribution in [-0.2, 0) is 20.8 Å². The van der Waals surface area contributed by atoms with Gasteiger partial charge in [0.1, 0.15) is 12.1 Å². The first kappa shape index (κ1) is 21.9. The highest BCUT2D eigenvalue weighted by molar-refractivity contribution is 5.87. The number of carbonyl (C=O) groups excluding carboxylic acids is 1. The maximum absolute atomic E-state index is 12.9. The van der Waals surface area contributed by atoms with Gasteiger partial charge in [-0.05, 0) is 38.2 Å². The SMILES string of the molecule is CC(N[C@@H](CCc1ccccc1)C(=O)O)C(=O)N1CCCCCC[C@H]1C(=O)O. The summed E-state index contributed by atoms with van der Waals surface area (Å²) in [4.78, 5) is 37.6. The van der Waals surface area contributed by atoms with E-state index in [9.17, 15) is 24.6 Å². The molecule has 3 atom stereocenters. The van der Waals surface area contributed by atoms with E-state index in [2.05, 4.69) is 5.32 Å². The Kier molecular flexibility index (Phi) is 8.44. The zero-order valence-electron chi connectivity index (χ0n) is 16.3. The number of amides is 1. The van der Waals surface area contributed by atoms with Crippen molar-refractivity contribution < 1.29 is 24.6 Å². The molecular formula is C21H30N2O5. The summed E-state index contributed by atoms with van der Waals surface area (Å²) < 4.78 is 0. The number of aliphatic carboxylic acids is 2. The van der Waals surface area contributed by atoms with Crippen molar-refractivity contribution in [1.82, 2.24) is 10.2 Å². The van der Waals surface area contributed by atoms with Crippen LogP contribution in [0.4, 0.5) is 0 Å². The van der Waals surface area contributed by atoms with Crippen LogP contribution in [0.25, 0.3) is 0 Å². The highest BCUT2D eigenvalue weighted by Crippen LogP contribution is 2.18. The predicted octanol–water partition coefficient (Wildman–Crippen LogP) is 2.30. The molecule has 0 saturated carbocycles. The number of likely N-dealkylation sites (tertiary alicyclic amines) is 1. The van der Waals surface area contributed by atoms with Crippen LogP contribution >= 0.6 is 0 Å². The van der Waals surface area contributed by atoms with Gasteiger partial charge in [-0.2, -0.15) is 0 Å². The second-order valence-corrected chi connectivity index (χ2v) is 7.39. The second kappa shape index (κ2) is 10.8. The fourth-order valence-corrected chi connectivity index (χ4v) is 3.66. The number of aryl methyl sites for hydroxylation is 1. The normalized spacial score (nSPS) is 19.9. The predicted molar refractivity (Wildman–Crippen MR) is 105 cm³/mol. The minimum Gasteiger partial charge on any atom is -0.480 e. The van der Waals surface area contributed by atoms with Gasteiger partial charge < -0.3 is 15.1 Å². The van der Waals surface area contributed by atoms with E-state index in [0.717, 1.165) is 31.2 Å². The van der Waals surface area contributed by atoms with E-state index >= 15 is 0 Å². The molecule has 1 aromatic carbocycles. The number of carboxylic acids is 2. The third-order valence-corrected chi connectivity index (χ3v) is 5.26. The van der Waals surface area contributed by atoms with E-state index in [-0.39, 0.29) is 5.91 Å². The number of nitrogens with zero attached hydrogens (tertiary/aromatic N) is 1. The first-order valence-corrected chi connectivity index (χ1v) is 9.96. The van der Waals surface area contributed by atoms with Gasteiger partial charge in [0.2, 0.25) is 5.91 Å². The molecule has 1 aromatic rings. The highest BCUT2D eigenvalue weighted by atomic mass is 16.4. The van der Waals surface area contributed by atoms with Gasteiger partial charge in [-0.25, -0.2) is 4.79 Å². The maximum Gasteiger partial charge on any atom is 0.326 e. The molecule has 0 aliphatic carbocycles. The Balaban J connectivity index is 2.01. The molecule has 1 unspecified atom stereocenters. The Morgan fingerprint density at radius 3 is 2.43 bits per heavy atom. The molecule has 1 aliphatic heterocycles. The number of hydrogen-bond acceptors (Lipinski definition) is 4. The zero-order chi connectivity index (χ0) is 20.5. The van der Waals surface area contributed by atoms with Crippen molar-refractivity contribution in [2.75, 3.05) is 6.54 Å². The van der Waals surface area contributed by atoms with Crippen molar-refractivity contribution in [3.8, 4) is 0 Å². The Morgan fingerprint density at radius 2 is 1.79 bits per heavy atom. The van der Waals surface area contributed by atoms with Gasteiger partial charge in [-0.15, -0.1) is 0 Å². The number of carbonyl (C=O) groups is 3. The minimum absolute atomic E-state index is 0.347. The molecule has 3 N–H and O–H groups in total. The van der Waals surface area contributed by atoms with Crippen molar-refractivity contribution in [1.29, 1.82) is 0 Å². The van der Waals surface area contributed by atoms with Gasteiger partial charge in [0.25, 0.3) is 0 Å². The average molecular weight is 390 g/mol. The first-order valence-electron chi connectivity index (χ1n) is 9.96. The summed E-state index contributed by atoms with van der Waals surface area (Å²) in [6, 6.07) is 7.09. The Bertz CT molecular complexity index is 664. The number of hydrogen-bond donors (Lipinski definition) is 3. The van der Waals surface area contributed by atoms with Gasteiger partial charge in [-0.3, -0.25) is 14.9 Å². The molecule has 1 amide bonds. The molecule has 7 heteroatoms. The van der Waals surface area contributed by atoms with Crippen LogP contribution in [0, 0.1) is 0 Å². The quantitative estimate of drug-likeness (QED) is 0.629. The van der Waals surface area contributed by atoms with Gasteiger partial charge >= 0.3 is 11.9 Å². The standard InChI is InChI=1S/C21H30N2O5/c1-15(19(24)23-14-8-3-2-7-11-18(23)21(27)28)22-17(20(25)26)13-12-16-9-5-4-6-10-16/h4-6,9-10,15,17-18,22H,2-3,7-8,11-14H2,1H3,(H,25,26)(H,27,28)/t15?,17-,18-/m0/s1. The van der Waals surface area contributed by atoms with Gasteiger partial charge in [0.05, 0.1) is 6.04 Å². The summed E-state index contributed by atoms with van der Waals surface area (Å²) in [7, 11) is 0. The molecule has 0 radical (unpaired) electrons. The van der Waals surface area contributed by atoms with Crippen LogP contribution in [-0.4, -0.2) is 57.6 Å². The largest absolute Gasteiger partial charge is 0.480 e. The first-order chi connectivity index (χ1) is 13.4. The van der Waals surface area contributed by atoms with Crippen molar-refractivity contribution >= 4 is 17.8 Å². The van der Waals surface area contributed by atoms with Crippen LogP contribution in [0.5, 0.6) is 0 Å². The number of benzene rings is 1. The lowest BCUT2D eigenvalue weighted by Gasteiger charge is -2.33. The van der Waals surface area contributed by atoms with Crippen LogP contribution in [0.15, 0.2) is 30.3 Å². The van der Waals surface area contributed by atoms with E-state index < -0.39 is 30.1 Å². The summed E-state index contributed by atoms with van der Waals surface area (Å²) in [5.74, 6) is -2.36. The van der Waals surface area contributed by atoms with E-state index in [1.165, 1.54) is 4.90 Å². The number of nitrogens with one attached hydrogen (secondary N) is 1. The lowest BCUT2D eigenvalue weighted by Crippen LogP contribution is -2.55. The summed E-state index contributed by atoms with van der Waals surface area (Å²) in [5.41, 5.74) is 1.03. The Labute approximate surface area is 165 Å². The van der Waals surface area contributed by atoms with Crippen molar-refractivity contribution in [3.63, 3.8) is 0 Å². The summed E-state index contributed by atoms with van der Waals surface area (Å²) in [6.45, 7) is 2.00. The second-order valence-electron chi connectivity index (χ2n) is 7.39. The third-order valence-electron chi connectivity index (χ3n) is 5.26. The molecule has 28 heavy (non-hydrogen) atoms. The highest BCUT2D eigenvalue weighted by Gasteiger charge is 2.33. The topological polar surface area (TPSA) is 107 Å². The molecule has 2 rings (SSSR count). The fraction of sp³-hybridized carbons (Fsp3) is 0.571. The fourth-order valence-electron chi connectivity index (χ4n) is 3.66. The van der Waals surface area contributed by atoms with Crippen LogP contribution < -0.4 is 5.32 Å². The molecule has 154 valence electrons. The Hall–Kier alpha value is -2.41. The molecule has 0 aromatic heterocycles. The summed E-state index contributed by atoms with van der Waals surface area (Å²) in [5, 5.41) is 22.0. The lowest BCUT2D eigenvalue weighted by molar-refractivity contribution is -0.152. The van der Waals surface area contributed by atoms with Crippen LogP contribution in [0.3, 0.4) is 0 Å². The van der Waals surface area contributed by atoms with Crippen LogP contribution in [0.1, 0.15) is 51.0 Å². The molecule has 1 aliphatic rings. The molecule has 7 nitrogen and oxygen atoms in total. The van der Waals surface area contributed by atoms with E-state index in [4.69, 9.17) is 0 Å². The van der Waals surface area contributed by atoms with Crippen molar-refractivity contribution in [2.45, 2.75) is 70.0 Å². The molecule has 1 saturated heterocycles. The van der Waals surface area contributed by atoms with Crippen molar-refractivity contribution in [3.05, 3.63) is 35.9 Å². The minimum atomic E-state index is -1.02.